The average molecular weight is 446 g/mol. The number of nitrogens with zero attached hydrogens (tertiary/aromatic N) is 1. The van der Waals surface area contributed by atoms with Crippen LogP contribution in [-0.4, -0.2) is 11.6 Å². The van der Waals surface area contributed by atoms with E-state index in [9.17, 15) is 4.79 Å². The summed E-state index contributed by atoms with van der Waals surface area (Å²) in [5.41, 5.74) is 3.91. The van der Waals surface area contributed by atoms with Crippen molar-refractivity contribution in [1.82, 2.24) is 5.43 Å². The van der Waals surface area contributed by atoms with Gasteiger partial charge < -0.3 is 0 Å². The lowest BCUT2D eigenvalue weighted by molar-refractivity contribution is 0.0959. The van der Waals surface area contributed by atoms with Crippen molar-refractivity contribution in [2.24, 2.45) is 5.10 Å². The maximum absolute atomic E-state index is 12.5. The smallest absolute Gasteiger partial charge is 0.266 e. The molecule has 1 aromatic heterocycles. The second-order valence-electron chi connectivity index (χ2n) is 5.36. The molecule has 1 N–H and O–H groups in total. The fourth-order valence-electron chi connectivity index (χ4n) is 2.41. The molecular weight excluding hydrogens is 434 g/mol. The molecule has 0 spiro atoms. The number of fused-ring (bicyclic) bond motifs is 1. The van der Waals surface area contributed by atoms with E-state index in [1.807, 2.05) is 6.92 Å². The first kappa shape index (κ1) is 19.5. The lowest BCUT2D eigenvalue weighted by Gasteiger charge is -2.07. The molecule has 0 aliphatic carbocycles. The summed E-state index contributed by atoms with van der Waals surface area (Å²) in [6, 6.07) is 10.4. The van der Waals surface area contributed by atoms with Gasteiger partial charge in [-0.05, 0) is 30.7 Å². The monoisotopic (exact) mass is 444 g/mol. The third-order valence-electron chi connectivity index (χ3n) is 3.67. The van der Waals surface area contributed by atoms with Crippen LogP contribution in [0.25, 0.3) is 10.1 Å². The Morgan fingerprint density at radius 1 is 1.08 bits per heavy atom. The Bertz CT molecular complexity index is 1030. The number of carbonyl (C=O) groups is 1. The third-order valence-corrected chi connectivity index (χ3v) is 6.11. The zero-order valence-corrected chi connectivity index (χ0v) is 17.3. The van der Waals surface area contributed by atoms with Crippen molar-refractivity contribution in [1.29, 1.82) is 0 Å². The van der Waals surface area contributed by atoms with Gasteiger partial charge in [0.05, 0.1) is 15.8 Å². The van der Waals surface area contributed by atoms with Crippen LogP contribution in [0.2, 0.25) is 20.1 Å². The predicted molar refractivity (Wildman–Crippen MR) is 113 cm³/mol. The van der Waals surface area contributed by atoms with E-state index in [0.717, 1.165) is 10.1 Å². The first-order chi connectivity index (χ1) is 12.4. The molecule has 0 saturated heterocycles. The Labute approximate surface area is 174 Å². The molecule has 8 heteroatoms. The number of hydrogen-bond acceptors (Lipinski definition) is 3. The largest absolute Gasteiger partial charge is 0.283 e. The standard InChI is InChI=1S/C18H12Cl4N2OS/c1-2-14(11-5-3-9(19)7-13(11)21)23-24-18(25)17-16(22)12-6-4-10(20)8-15(12)26-17/h3-8H,2H2,1H3,(H,24,25)/b23-14+. The van der Waals surface area contributed by atoms with Crippen LogP contribution in [0.4, 0.5) is 0 Å². The predicted octanol–water partition coefficient (Wildman–Crippen LogP) is 7.06. The van der Waals surface area contributed by atoms with E-state index in [2.05, 4.69) is 10.5 Å². The van der Waals surface area contributed by atoms with Gasteiger partial charge in [0, 0.05) is 25.7 Å². The van der Waals surface area contributed by atoms with Gasteiger partial charge in [-0.3, -0.25) is 4.79 Å². The van der Waals surface area contributed by atoms with Crippen LogP contribution in [-0.2, 0) is 0 Å². The Morgan fingerprint density at radius 3 is 2.46 bits per heavy atom. The Morgan fingerprint density at radius 2 is 1.77 bits per heavy atom. The molecule has 0 bridgehead atoms. The number of hydrazone groups is 1. The highest BCUT2D eigenvalue weighted by atomic mass is 35.5. The number of amides is 1. The Hall–Kier alpha value is -1.30. The van der Waals surface area contributed by atoms with Gasteiger partial charge in [-0.15, -0.1) is 11.3 Å². The SMILES string of the molecule is CC/C(=N\NC(=O)c1sc2cc(Cl)ccc2c1Cl)c1ccc(Cl)cc1Cl. The van der Waals surface area contributed by atoms with Crippen LogP contribution in [0.5, 0.6) is 0 Å². The van der Waals surface area contributed by atoms with E-state index < -0.39 is 0 Å². The van der Waals surface area contributed by atoms with Crippen molar-refractivity contribution in [3.8, 4) is 0 Å². The molecule has 2 aromatic carbocycles. The number of rotatable bonds is 4. The zero-order chi connectivity index (χ0) is 18.8. The first-order valence-electron chi connectivity index (χ1n) is 7.60. The van der Waals surface area contributed by atoms with E-state index in [1.165, 1.54) is 11.3 Å². The van der Waals surface area contributed by atoms with Crippen LogP contribution < -0.4 is 5.43 Å². The van der Waals surface area contributed by atoms with Gasteiger partial charge in [-0.25, -0.2) is 5.43 Å². The molecule has 3 aromatic rings. The molecule has 26 heavy (non-hydrogen) atoms. The molecule has 0 saturated carbocycles. The van der Waals surface area contributed by atoms with E-state index in [1.54, 1.807) is 36.4 Å². The summed E-state index contributed by atoms with van der Waals surface area (Å²) in [6.45, 7) is 1.92. The van der Waals surface area contributed by atoms with Crippen LogP contribution in [0.15, 0.2) is 41.5 Å². The number of hydrogen-bond donors (Lipinski definition) is 1. The fraction of sp³-hybridized carbons (Fsp3) is 0.111. The second kappa shape index (κ2) is 8.15. The van der Waals surface area contributed by atoms with Gasteiger partial charge in [-0.2, -0.15) is 5.10 Å². The topological polar surface area (TPSA) is 41.5 Å². The lowest BCUT2D eigenvalue weighted by Crippen LogP contribution is -2.19. The Kier molecular flexibility index (Phi) is 6.10. The number of nitrogens with one attached hydrogen (secondary N) is 1. The fourth-order valence-corrected chi connectivity index (χ4v) is 4.61. The normalized spacial score (nSPS) is 11.8. The van der Waals surface area contributed by atoms with Gasteiger partial charge in [0.15, 0.2) is 0 Å². The van der Waals surface area contributed by atoms with Crippen molar-refractivity contribution in [2.75, 3.05) is 0 Å². The van der Waals surface area contributed by atoms with E-state index in [-0.39, 0.29) is 5.91 Å². The van der Waals surface area contributed by atoms with E-state index >= 15 is 0 Å². The van der Waals surface area contributed by atoms with Gasteiger partial charge in [-0.1, -0.05) is 65.5 Å². The number of halogens is 4. The summed E-state index contributed by atoms with van der Waals surface area (Å²) >= 11 is 25.7. The molecule has 1 amide bonds. The summed E-state index contributed by atoms with van der Waals surface area (Å²) in [5.74, 6) is -0.386. The molecule has 0 fully saturated rings. The van der Waals surface area contributed by atoms with Gasteiger partial charge >= 0.3 is 0 Å². The minimum absolute atomic E-state index is 0.380. The highest BCUT2D eigenvalue weighted by molar-refractivity contribution is 7.21. The molecule has 1 heterocycles. The van der Waals surface area contributed by atoms with Gasteiger partial charge in [0.2, 0.25) is 0 Å². The highest BCUT2D eigenvalue weighted by Crippen LogP contribution is 2.36. The van der Waals surface area contributed by atoms with Crippen LogP contribution in [0.1, 0.15) is 28.6 Å². The van der Waals surface area contributed by atoms with Crippen molar-refractivity contribution < 1.29 is 4.79 Å². The van der Waals surface area contributed by atoms with Crippen LogP contribution in [0, 0.1) is 0 Å². The van der Waals surface area contributed by atoms with E-state index in [0.29, 0.717) is 42.7 Å². The number of benzene rings is 2. The molecule has 0 aliphatic rings. The molecule has 0 atom stereocenters. The maximum atomic E-state index is 12.5. The molecule has 0 radical (unpaired) electrons. The maximum Gasteiger partial charge on any atom is 0.283 e. The van der Waals surface area contributed by atoms with E-state index in [4.69, 9.17) is 46.4 Å². The Balaban J connectivity index is 1.89. The highest BCUT2D eigenvalue weighted by Gasteiger charge is 2.17. The third kappa shape index (κ3) is 4.00. The average Bonchev–Trinajstić information content (AvgIpc) is 2.92. The first-order valence-corrected chi connectivity index (χ1v) is 9.93. The summed E-state index contributed by atoms with van der Waals surface area (Å²) < 4.78 is 0.841. The molecule has 3 rings (SSSR count). The minimum atomic E-state index is -0.386. The van der Waals surface area contributed by atoms with Crippen LogP contribution in [0.3, 0.4) is 0 Å². The minimum Gasteiger partial charge on any atom is -0.266 e. The summed E-state index contributed by atoms with van der Waals surface area (Å²) in [5, 5.41) is 6.99. The summed E-state index contributed by atoms with van der Waals surface area (Å²) in [4.78, 5) is 12.9. The molecule has 3 nitrogen and oxygen atoms in total. The van der Waals surface area contributed by atoms with Gasteiger partial charge in [0.1, 0.15) is 4.88 Å². The van der Waals surface area contributed by atoms with Gasteiger partial charge in [0.25, 0.3) is 5.91 Å². The quantitative estimate of drug-likeness (QED) is 0.339. The molecule has 0 aliphatic heterocycles. The zero-order valence-electron chi connectivity index (χ0n) is 13.4. The second-order valence-corrected chi connectivity index (χ2v) is 8.07. The number of thiophene rings is 1. The van der Waals surface area contributed by atoms with Crippen molar-refractivity contribution in [3.63, 3.8) is 0 Å². The summed E-state index contributed by atoms with van der Waals surface area (Å²) in [6.07, 6.45) is 0.581. The van der Waals surface area contributed by atoms with Crippen molar-refractivity contribution in [2.45, 2.75) is 13.3 Å². The molecular formula is C18H12Cl4N2OS. The van der Waals surface area contributed by atoms with Crippen molar-refractivity contribution in [3.05, 3.63) is 66.9 Å². The molecule has 134 valence electrons. The van der Waals surface area contributed by atoms with Crippen molar-refractivity contribution >= 4 is 79.4 Å². The summed E-state index contributed by atoms with van der Waals surface area (Å²) in [7, 11) is 0. The molecule has 0 unspecified atom stereocenters. The lowest BCUT2D eigenvalue weighted by atomic mass is 10.1. The van der Waals surface area contributed by atoms with Crippen LogP contribution >= 0.6 is 57.7 Å². The number of carbonyl (C=O) groups excluding carboxylic acids is 1.